The number of ether oxygens (including phenoxy) is 2. The van der Waals surface area contributed by atoms with Crippen LogP contribution in [0.3, 0.4) is 0 Å². The third-order valence-electron chi connectivity index (χ3n) is 3.42. The molecule has 0 bridgehead atoms. The minimum absolute atomic E-state index is 0.000970. The summed E-state index contributed by atoms with van der Waals surface area (Å²) >= 11 is 3.37. The fourth-order valence-corrected chi connectivity index (χ4v) is 2.62. The standard InChI is InChI=1S/C15H20BrNO3/c1-3-17-6-7-19-13(9-17)10-20-15-5-4-12(16)8-14(15)11(2)18/h4-5,8,13H,3,6-7,9-10H2,1-2H3. The van der Waals surface area contributed by atoms with Crippen LogP contribution < -0.4 is 4.74 Å². The summed E-state index contributed by atoms with van der Waals surface area (Å²) in [5.41, 5.74) is 0.600. The van der Waals surface area contributed by atoms with E-state index in [0.717, 1.165) is 30.7 Å². The van der Waals surface area contributed by atoms with Crippen LogP contribution in [0.15, 0.2) is 22.7 Å². The number of hydrogen-bond donors (Lipinski definition) is 0. The first-order chi connectivity index (χ1) is 9.60. The van der Waals surface area contributed by atoms with Gasteiger partial charge in [0.2, 0.25) is 0 Å². The predicted molar refractivity (Wildman–Crippen MR) is 81.5 cm³/mol. The van der Waals surface area contributed by atoms with Gasteiger partial charge in [-0.05, 0) is 31.7 Å². The molecular weight excluding hydrogens is 322 g/mol. The fourth-order valence-electron chi connectivity index (χ4n) is 2.25. The number of hydrogen-bond acceptors (Lipinski definition) is 4. The molecular formula is C15H20BrNO3. The van der Waals surface area contributed by atoms with E-state index in [4.69, 9.17) is 9.47 Å². The Kier molecular flexibility index (Phi) is 5.57. The second-order valence-corrected chi connectivity index (χ2v) is 5.81. The Morgan fingerprint density at radius 3 is 3.05 bits per heavy atom. The van der Waals surface area contributed by atoms with Crippen molar-refractivity contribution in [3.8, 4) is 5.75 Å². The molecule has 0 amide bonds. The summed E-state index contributed by atoms with van der Waals surface area (Å²) < 4.78 is 12.4. The third-order valence-corrected chi connectivity index (χ3v) is 3.91. The first kappa shape index (κ1) is 15.5. The molecule has 1 unspecified atom stereocenters. The van der Waals surface area contributed by atoms with E-state index >= 15 is 0 Å². The summed E-state index contributed by atoms with van der Waals surface area (Å²) in [5, 5.41) is 0. The van der Waals surface area contributed by atoms with Crippen LogP contribution in [0.25, 0.3) is 0 Å². The maximum atomic E-state index is 11.6. The van der Waals surface area contributed by atoms with Crippen molar-refractivity contribution < 1.29 is 14.3 Å². The van der Waals surface area contributed by atoms with Gasteiger partial charge in [0.05, 0.1) is 12.2 Å². The Bertz CT molecular complexity index is 478. The summed E-state index contributed by atoms with van der Waals surface area (Å²) in [6.45, 7) is 7.78. The Labute approximate surface area is 128 Å². The van der Waals surface area contributed by atoms with Gasteiger partial charge in [-0.3, -0.25) is 9.69 Å². The van der Waals surface area contributed by atoms with Crippen LogP contribution in [-0.2, 0) is 4.74 Å². The number of ketones is 1. The van der Waals surface area contributed by atoms with Crippen molar-refractivity contribution in [1.82, 2.24) is 4.90 Å². The molecule has 0 saturated carbocycles. The molecule has 1 aliphatic heterocycles. The van der Waals surface area contributed by atoms with Gasteiger partial charge in [0.25, 0.3) is 0 Å². The highest BCUT2D eigenvalue weighted by atomic mass is 79.9. The average molecular weight is 342 g/mol. The smallest absolute Gasteiger partial charge is 0.163 e. The zero-order valence-corrected chi connectivity index (χ0v) is 13.5. The Balaban J connectivity index is 1.98. The van der Waals surface area contributed by atoms with Crippen molar-refractivity contribution in [2.75, 3.05) is 32.8 Å². The molecule has 5 heteroatoms. The number of benzene rings is 1. The van der Waals surface area contributed by atoms with Gasteiger partial charge in [0.1, 0.15) is 18.5 Å². The van der Waals surface area contributed by atoms with E-state index in [2.05, 4.69) is 27.8 Å². The molecule has 2 rings (SSSR count). The van der Waals surface area contributed by atoms with Crippen LogP contribution in [-0.4, -0.2) is 49.6 Å². The fraction of sp³-hybridized carbons (Fsp3) is 0.533. The third kappa shape index (κ3) is 4.04. The number of rotatable bonds is 5. The number of morpholine rings is 1. The summed E-state index contributed by atoms with van der Waals surface area (Å²) in [6, 6.07) is 5.49. The van der Waals surface area contributed by atoms with E-state index in [9.17, 15) is 4.79 Å². The molecule has 1 aromatic carbocycles. The minimum Gasteiger partial charge on any atom is -0.490 e. The zero-order valence-electron chi connectivity index (χ0n) is 11.9. The van der Waals surface area contributed by atoms with Gasteiger partial charge < -0.3 is 9.47 Å². The summed E-state index contributed by atoms with van der Waals surface area (Å²) in [7, 11) is 0. The van der Waals surface area contributed by atoms with Gasteiger partial charge in [0, 0.05) is 17.6 Å². The normalized spacial score (nSPS) is 19.9. The van der Waals surface area contributed by atoms with Gasteiger partial charge >= 0.3 is 0 Å². The predicted octanol–water partition coefficient (Wildman–Crippen LogP) is 2.75. The topological polar surface area (TPSA) is 38.8 Å². The van der Waals surface area contributed by atoms with Crippen LogP contribution >= 0.6 is 15.9 Å². The number of halogens is 1. The SMILES string of the molecule is CCN1CCOC(COc2ccc(Br)cc2C(C)=O)C1. The molecule has 1 heterocycles. The van der Waals surface area contributed by atoms with Crippen molar-refractivity contribution in [1.29, 1.82) is 0 Å². The van der Waals surface area contributed by atoms with E-state index in [1.807, 2.05) is 12.1 Å². The monoisotopic (exact) mass is 341 g/mol. The molecule has 0 spiro atoms. The lowest BCUT2D eigenvalue weighted by atomic mass is 10.1. The largest absolute Gasteiger partial charge is 0.490 e. The van der Waals surface area contributed by atoms with Gasteiger partial charge in [0.15, 0.2) is 5.78 Å². The van der Waals surface area contributed by atoms with Crippen molar-refractivity contribution >= 4 is 21.7 Å². The second kappa shape index (κ2) is 7.20. The molecule has 1 atom stereocenters. The van der Waals surface area contributed by atoms with Crippen LogP contribution in [0.5, 0.6) is 5.75 Å². The Hall–Kier alpha value is -0.910. The Morgan fingerprint density at radius 2 is 2.35 bits per heavy atom. The summed E-state index contributed by atoms with van der Waals surface area (Å²) in [5.74, 6) is 0.624. The van der Waals surface area contributed by atoms with Crippen molar-refractivity contribution in [3.05, 3.63) is 28.2 Å². The van der Waals surface area contributed by atoms with Gasteiger partial charge in [-0.25, -0.2) is 0 Å². The second-order valence-electron chi connectivity index (χ2n) is 4.89. The Morgan fingerprint density at radius 1 is 1.55 bits per heavy atom. The number of nitrogens with zero attached hydrogens (tertiary/aromatic N) is 1. The first-order valence-electron chi connectivity index (χ1n) is 6.87. The van der Waals surface area contributed by atoms with Gasteiger partial charge in [-0.15, -0.1) is 0 Å². The van der Waals surface area contributed by atoms with Gasteiger partial charge in [-0.2, -0.15) is 0 Å². The number of carbonyl (C=O) groups excluding carboxylic acids is 1. The molecule has 4 nitrogen and oxygen atoms in total. The lowest BCUT2D eigenvalue weighted by Crippen LogP contribution is -2.44. The highest BCUT2D eigenvalue weighted by molar-refractivity contribution is 9.10. The first-order valence-corrected chi connectivity index (χ1v) is 7.66. The maximum Gasteiger partial charge on any atom is 0.163 e. The van der Waals surface area contributed by atoms with Crippen molar-refractivity contribution in [2.24, 2.45) is 0 Å². The van der Waals surface area contributed by atoms with E-state index in [1.165, 1.54) is 0 Å². The van der Waals surface area contributed by atoms with Crippen LogP contribution in [0, 0.1) is 0 Å². The molecule has 1 fully saturated rings. The lowest BCUT2D eigenvalue weighted by Gasteiger charge is -2.31. The quantitative estimate of drug-likeness (QED) is 0.772. The molecule has 0 aliphatic carbocycles. The number of Topliss-reactive ketones (excluding diaryl/α,β-unsaturated/α-hetero) is 1. The molecule has 110 valence electrons. The maximum absolute atomic E-state index is 11.6. The van der Waals surface area contributed by atoms with E-state index in [1.54, 1.807) is 13.0 Å². The average Bonchev–Trinajstić information content (AvgIpc) is 2.46. The van der Waals surface area contributed by atoms with E-state index < -0.39 is 0 Å². The van der Waals surface area contributed by atoms with E-state index in [-0.39, 0.29) is 11.9 Å². The molecule has 1 aliphatic rings. The highest BCUT2D eigenvalue weighted by Crippen LogP contribution is 2.24. The molecule has 1 aromatic rings. The number of carbonyl (C=O) groups is 1. The molecule has 1 saturated heterocycles. The summed E-state index contributed by atoms with van der Waals surface area (Å²) in [6.07, 6.45) is 0.0622. The van der Waals surface area contributed by atoms with Crippen molar-refractivity contribution in [3.63, 3.8) is 0 Å². The molecule has 0 N–H and O–H groups in total. The van der Waals surface area contributed by atoms with Crippen LogP contribution in [0.2, 0.25) is 0 Å². The van der Waals surface area contributed by atoms with Gasteiger partial charge in [-0.1, -0.05) is 22.9 Å². The molecule has 0 aromatic heterocycles. The van der Waals surface area contributed by atoms with Crippen molar-refractivity contribution in [2.45, 2.75) is 20.0 Å². The number of likely N-dealkylation sites (N-methyl/N-ethyl adjacent to an activating group) is 1. The van der Waals surface area contributed by atoms with Crippen LogP contribution in [0.1, 0.15) is 24.2 Å². The minimum atomic E-state index is 0.000970. The van der Waals surface area contributed by atoms with E-state index in [0.29, 0.717) is 17.9 Å². The molecule has 0 radical (unpaired) electrons. The molecule has 20 heavy (non-hydrogen) atoms. The zero-order chi connectivity index (χ0) is 14.5. The highest BCUT2D eigenvalue weighted by Gasteiger charge is 2.20. The van der Waals surface area contributed by atoms with Crippen LogP contribution in [0.4, 0.5) is 0 Å². The summed E-state index contributed by atoms with van der Waals surface area (Å²) in [4.78, 5) is 14.0. The lowest BCUT2D eigenvalue weighted by molar-refractivity contribution is -0.0464.